The molecule has 0 aliphatic carbocycles. The van der Waals surface area contributed by atoms with Gasteiger partial charge in [0.25, 0.3) is 0 Å². The lowest BCUT2D eigenvalue weighted by Gasteiger charge is -2.06. The monoisotopic (exact) mass is 325 g/mol. The van der Waals surface area contributed by atoms with Crippen LogP contribution in [0.3, 0.4) is 0 Å². The number of nitrogens with zero attached hydrogens (tertiary/aromatic N) is 2. The molecule has 1 N–H and O–H groups in total. The van der Waals surface area contributed by atoms with Gasteiger partial charge in [0.15, 0.2) is 5.17 Å². The SMILES string of the molecule is O=C1CS/C(=N\N=Cc2cccc(OCc3ccccc3)c2)N1. The van der Waals surface area contributed by atoms with Crippen LogP contribution in [-0.4, -0.2) is 23.0 Å². The van der Waals surface area contributed by atoms with Crippen LogP contribution in [0.25, 0.3) is 0 Å². The Morgan fingerprint density at radius 1 is 1.17 bits per heavy atom. The van der Waals surface area contributed by atoms with Crippen molar-refractivity contribution < 1.29 is 9.53 Å². The van der Waals surface area contributed by atoms with Gasteiger partial charge in [-0.05, 0) is 23.3 Å². The molecule has 0 radical (unpaired) electrons. The lowest BCUT2D eigenvalue weighted by molar-refractivity contribution is -0.116. The number of hydrogen-bond donors (Lipinski definition) is 1. The molecule has 1 heterocycles. The first kappa shape index (κ1) is 15.3. The second-order valence-corrected chi connectivity index (χ2v) is 5.80. The first-order valence-electron chi connectivity index (χ1n) is 7.10. The highest BCUT2D eigenvalue weighted by atomic mass is 32.2. The lowest BCUT2D eigenvalue weighted by Crippen LogP contribution is -2.19. The predicted molar refractivity (Wildman–Crippen MR) is 92.8 cm³/mol. The number of rotatable bonds is 5. The Kier molecular flexibility index (Phi) is 5.06. The summed E-state index contributed by atoms with van der Waals surface area (Å²) in [5, 5.41) is 11.1. The maximum atomic E-state index is 11.0. The van der Waals surface area contributed by atoms with Crippen molar-refractivity contribution in [2.75, 3.05) is 5.75 Å². The molecular weight excluding hydrogens is 310 g/mol. The van der Waals surface area contributed by atoms with E-state index < -0.39 is 0 Å². The predicted octanol–water partition coefficient (Wildman–Crippen LogP) is 2.82. The van der Waals surface area contributed by atoms with Gasteiger partial charge in [0.2, 0.25) is 5.91 Å². The van der Waals surface area contributed by atoms with E-state index in [-0.39, 0.29) is 5.91 Å². The van der Waals surface area contributed by atoms with Gasteiger partial charge in [0.1, 0.15) is 12.4 Å². The summed E-state index contributed by atoms with van der Waals surface area (Å²) in [4.78, 5) is 11.0. The molecule has 116 valence electrons. The first-order valence-corrected chi connectivity index (χ1v) is 8.08. The van der Waals surface area contributed by atoms with Crippen molar-refractivity contribution in [3.8, 4) is 5.75 Å². The van der Waals surface area contributed by atoms with Crippen LogP contribution >= 0.6 is 11.8 Å². The fourth-order valence-electron chi connectivity index (χ4n) is 1.95. The van der Waals surface area contributed by atoms with Crippen molar-refractivity contribution in [1.82, 2.24) is 5.32 Å². The van der Waals surface area contributed by atoms with E-state index in [0.717, 1.165) is 16.9 Å². The second kappa shape index (κ2) is 7.60. The topological polar surface area (TPSA) is 63.0 Å². The van der Waals surface area contributed by atoms with Gasteiger partial charge < -0.3 is 10.1 Å². The molecule has 0 aromatic heterocycles. The van der Waals surface area contributed by atoms with Crippen molar-refractivity contribution in [1.29, 1.82) is 0 Å². The van der Waals surface area contributed by atoms with Crippen molar-refractivity contribution in [3.63, 3.8) is 0 Å². The average Bonchev–Trinajstić information content (AvgIpc) is 3.00. The van der Waals surface area contributed by atoms with E-state index in [2.05, 4.69) is 15.5 Å². The van der Waals surface area contributed by atoms with E-state index in [4.69, 9.17) is 4.74 Å². The summed E-state index contributed by atoms with van der Waals surface area (Å²) in [5.74, 6) is 1.13. The molecule has 1 aliphatic heterocycles. The molecule has 0 spiro atoms. The minimum Gasteiger partial charge on any atom is -0.489 e. The standard InChI is InChI=1S/C17H15N3O2S/c21-16-12-23-17(19-16)20-18-10-14-7-4-8-15(9-14)22-11-13-5-2-1-3-6-13/h1-10H,11-12H2,(H,19,20,21). The summed E-state index contributed by atoms with van der Waals surface area (Å²) < 4.78 is 5.77. The molecule has 6 heteroatoms. The van der Waals surface area contributed by atoms with E-state index in [1.807, 2.05) is 54.6 Å². The Balaban J connectivity index is 1.60. The van der Waals surface area contributed by atoms with Gasteiger partial charge in [-0.1, -0.05) is 54.2 Å². The summed E-state index contributed by atoms with van der Waals surface area (Å²) in [6.07, 6.45) is 1.63. The van der Waals surface area contributed by atoms with Gasteiger partial charge in [0.05, 0.1) is 12.0 Å². The number of hydrogen-bond acceptors (Lipinski definition) is 5. The van der Waals surface area contributed by atoms with E-state index in [1.165, 1.54) is 11.8 Å². The van der Waals surface area contributed by atoms with Crippen LogP contribution in [0.4, 0.5) is 0 Å². The van der Waals surface area contributed by atoms with Crippen LogP contribution < -0.4 is 10.1 Å². The highest BCUT2D eigenvalue weighted by Gasteiger charge is 2.15. The first-order chi connectivity index (χ1) is 11.3. The minimum atomic E-state index is -0.0414. The Morgan fingerprint density at radius 2 is 2.04 bits per heavy atom. The van der Waals surface area contributed by atoms with E-state index in [0.29, 0.717) is 17.5 Å². The smallest absolute Gasteiger partial charge is 0.236 e. The number of amidine groups is 1. The fraction of sp³-hybridized carbons (Fsp3) is 0.118. The third-order valence-electron chi connectivity index (χ3n) is 3.05. The highest BCUT2D eigenvalue weighted by molar-refractivity contribution is 8.15. The molecule has 3 rings (SSSR count). The molecular formula is C17H15N3O2S. The van der Waals surface area contributed by atoms with Crippen molar-refractivity contribution >= 4 is 29.1 Å². The Labute approximate surface area is 138 Å². The van der Waals surface area contributed by atoms with E-state index >= 15 is 0 Å². The summed E-state index contributed by atoms with van der Waals surface area (Å²) in [7, 11) is 0. The van der Waals surface area contributed by atoms with Crippen LogP contribution in [0.15, 0.2) is 64.8 Å². The summed E-state index contributed by atoms with van der Waals surface area (Å²) >= 11 is 1.35. The van der Waals surface area contributed by atoms with Gasteiger partial charge in [-0.2, -0.15) is 5.10 Å². The van der Waals surface area contributed by atoms with Crippen LogP contribution in [0.2, 0.25) is 0 Å². The van der Waals surface area contributed by atoms with Crippen LogP contribution in [-0.2, 0) is 11.4 Å². The van der Waals surface area contributed by atoms with Gasteiger partial charge in [-0.15, -0.1) is 5.10 Å². The van der Waals surface area contributed by atoms with Gasteiger partial charge in [-0.25, -0.2) is 0 Å². The largest absolute Gasteiger partial charge is 0.489 e. The molecule has 1 saturated heterocycles. The molecule has 1 fully saturated rings. The number of amides is 1. The minimum absolute atomic E-state index is 0.0414. The quantitative estimate of drug-likeness (QED) is 0.679. The van der Waals surface area contributed by atoms with Gasteiger partial charge >= 0.3 is 0 Å². The third kappa shape index (κ3) is 4.69. The summed E-state index contributed by atoms with van der Waals surface area (Å²) in [6.45, 7) is 0.520. The molecule has 1 amide bonds. The number of thioether (sulfide) groups is 1. The van der Waals surface area contributed by atoms with Crippen LogP contribution in [0.5, 0.6) is 5.75 Å². The molecule has 5 nitrogen and oxygen atoms in total. The third-order valence-corrected chi connectivity index (χ3v) is 3.91. The molecule has 0 saturated carbocycles. The zero-order chi connectivity index (χ0) is 15.9. The van der Waals surface area contributed by atoms with Crippen LogP contribution in [0, 0.1) is 0 Å². The molecule has 0 unspecified atom stereocenters. The van der Waals surface area contributed by atoms with Crippen molar-refractivity contribution in [2.24, 2.45) is 10.2 Å². The number of carbonyl (C=O) groups excluding carboxylic acids is 1. The van der Waals surface area contributed by atoms with E-state index in [1.54, 1.807) is 6.21 Å². The maximum absolute atomic E-state index is 11.0. The molecule has 0 bridgehead atoms. The Hall–Kier alpha value is -2.60. The summed E-state index contributed by atoms with van der Waals surface area (Å²) in [5.41, 5.74) is 2.00. The lowest BCUT2D eigenvalue weighted by atomic mass is 10.2. The highest BCUT2D eigenvalue weighted by Crippen LogP contribution is 2.14. The number of nitrogens with one attached hydrogen (secondary N) is 1. The molecule has 1 aliphatic rings. The molecule has 23 heavy (non-hydrogen) atoms. The number of benzene rings is 2. The zero-order valence-electron chi connectivity index (χ0n) is 12.3. The average molecular weight is 325 g/mol. The van der Waals surface area contributed by atoms with Crippen molar-refractivity contribution in [3.05, 3.63) is 65.7 Å². The second-order valence-electron chi connectivity index (χ2n) is 4.83. The van der Waals surface area contributed by atoms with Crippen molar-refractivity contribution in [2.45, 2.75) is 6.61 Å². The number of carbonyl (C=O) groups is 1. The molecule has 2 aromatic carbocycles. The van der Waals surface area contributed by atoms with Crippen LogP contribution in [0.1, 0.15) is 11.1 Å². The Bertz CT molecular complexity index is 745. The van der Waals surface area contributed by atoms with Gasteiger partial charge in [0, 0.05) is 0 Å². The zero-order valence-corrected chi connectivity index (χ0v) is 13.1. The van der Waals surface area contributed by atoms with Gasteiger partial charge in [-0.3, -0.25) is 4.79 Å². The number of ether oxygens (including phenoxy) is 1. The summed E-state index contributed by atoms with van der Waals surface area (Å²) in [6, 6.07) is 17.6. The normalized spacial score (nSPS) is 16.0. The fourth-order valence-corrected chi connectivity index (χ4v) is 2.58. The van der Waals surface area contributed by atoms with E-state index in [9.17, 15) is 4.79 Å². The molecule has 0 atom stereocenters. The maximum Gasteiger partial charge on any atom is 0.236 e. The molecule has 2 aromatic rings. The Morgan fingerprint density at radius 3 is 2.83 bits per heavy atom.